The smallest absolute Gasteiger partial charge is 0.163 e. The normalized spacial score (nSPS) is 25.9. The van der Waals surface area contributed by atoms with Gasteiger partial charge in [-0.15, -0.1) is 0 Å². The lowest BCUT2D eigenvalue weighted by Crippen LogP contribution is -2.62. The Morgan fingerprint density at radius 2 is 2.11 bits per heavy atom. The van der Waals surface area contributed by atoms with Crippen LogP contribution in [0.1, 0.15) is 38.6 Å². The average molecular weight is 251 g/mol. The zero-order chi connectivity index (χ0) is 13.5. The van der Waals surface area contributed by atoms with Crippen LogP contribution >= 0.6 is 0 Å². The molecule has 4 heteroatoms. The molecule has 0 aromatic carbocycles. The van der Waals surface area contributed by atoms with Gasteiger partial charge in [0.1, 0.15) is 11.8 Å². The van der Waals surface area contributed by atoms with Crippen molar-refractivity contribution in [3.05, 3.63) is 11.4 Å². The number of hydrogen-bond donors (Lipinski definition) is 1. The molecule has 1 aliphatic carbocycles. The van der Waals surface area contributed by atoms with Crippen molar-refractivity contribution in [2.45, 2.75) is 53.2 Å². The number of rotatable bonds is 4. The lowest BCUT2D eigenvalue weighted by Gasteiger charge is -2.51. The average Bonchev–Trinajstić information content (AvgIpc) is 2.54. The third-order valence-corrected chi connectivity index (χ3v) is 4.33. The van der Waals surface area contributed by atoms with E-state index in [2.05, 4.69) is 38.1 Å². The molecule has 1 saturated carbocycles. The van der Waals surface area contributed by atoms with Gasteiger partial charge in [-0.25, -0.2) is 0 Å². The van der Waals surface area contributed by atoms with E-state index in [1.807, 2.05) is 18.7 Å². The molecule has 4 nitrogen and oxygen atoms in total. The molecular weight excluding hydrogens is 226 g/mol. The van der Waals surface area contributed by atoms with E-state index >= 15 is 0 Å². The van der Waals surface area contributed by atoms with Gasteiger partial charge in [-0.2, -0.15) is 5.10 Å². The summed E-state index contributed by atoms with van der Waals surface area (Å²) < 4.78 is 8.09. The van der Waals surface area contributed by atoms with E-state index < -0.39 is 0 Å². The second-order valence-electron chi connectivity index (χ2n) is 5.90. The summed E-state index contributed by atoms with van der Waals surface area (Å²) in [5, 5.41) is 7.92. The minimum absolute atomic E-state index is 0.185. The molecule has 1 aromatic rings. The highest BCUT2D eigenvalue weighted by Gasteiger charge is 2.49. The molecule has 0 saturated heterocycles. The first kappa shape index (κ1) is 13.4. The maximum atomic E-state index is 6.20. The Labute approximate surface area is 110 Å². The van der Waals surface area contributed by atoms with Gasteiger partial charge in [-0.05, 0) is 20.4 Å². The van der Waals surface area contributed by atoms with Crippen molar-refractivity contribution < 1.29 is 4.74 Å². The molecule has 2 rings (SSSR count). The molecule has 1 heterocycles. The second kappa shape index (κ2) is 4.57. The highest BCUT2D eigenvalue weighted by molar-refractivity contribution is 5.32. The molecular formula is C14H25N3O. The molecule has 1 aliphatic rings. The Kier molecular flexibility index (Phi) is 3.41. The highest BCUT2D eigenvalue weighted by atomic mass is 16.5. The van der Waals surface area contributed by atoms with E-state index in [1.54, 1.807) is 0 Å². The second-order valence-corrected chi connectivity index (χ2v) is 5.90. The third-order valence-electron chi connectivity index (χ3n) is 4.33. The van der Waals surface area contributed by atoms with Crippen LogP contribution in [0.5, 0.6) is 5.75 Å². The monoisotopic (exact) mass is 251 g/mol. The highest BCUT2D eigenvalue weighted by Crippen LogP contribution is 2.43. The van der Waals surface area contributed by atoms with E-state index in [1.165, 1.54) is 0 Å². The van der Waals surface area contributed by atoms with Crippen LogP contribution in [0.3, 0.4) is 0 Å². The van der Waals surface area contributed by atoms with Gasteiger partial charge in [0.25, 0.3) is 0 Å². The van der Waals surface area contributed by atoms with Gasteiger partial charge in [-0.1, -0.05) is 20.8 Å². The molecule has 1 N–H and O–H groups in total. The minimum Gasteiger partial charge on any atom is -0.486 e. The first-order valence-electron chi connectivity index (χ1n) is 6.78. The molecule has 0 spiro atoms. The van der Waals surface area contributed by atoms with E-state index in [9.17, 15) is 0 Å². The van der Waals surface area contributed by atoms with Crippen LogP contribution in [0, 0.1) is 19.3 Å². The maximum absolute atomic E-state index is 6.20. The van der Waals surface area contributed by atoms with Crippen molar-refractivity contribution in [3.63, 3.8) is 0 Å². The van der Waals surface area contributed by atoms with Crippen LogP contribution in [0.25, 0.3) is 0 Å². The minimum atomic E-state index is 0.185. The quantitative estimate of drug-likeness (QED) is 0.891. The summed E-state index contributed by atoms with van der Waals surface area (Å²) in [5.74, 6) is 0.963. The van der Waals surface area contributed by atoms with Crippen molar-refractivity contribution in [1.82, 2.24) is 15.1 Å². The summed E-state index contributed by atoms with van der Waals surface area (Å²) in [6.45, 7) is 11.8. The fraction of sp³-hybridized carbons (Fsp3) is 0.786. The third kappa shape index (κ3) is 2.03. The Morgan fingerprint density at radius 1 is 1.44 bits per heavy atom. The topological polar surface area (TPSA) is 39.1 Å². The summed E-state index contributed by atoms with van der Waals surface area (Å²) >= 11 is 0. The van der Waals surface area contributed by atoms with E-state index in [0.29, 0.717) is 6.04 Å². The molecule has 2 unspecified atom stereocenters. The van der Waals surface area contributed by atoms with Gasteiger partial charge >= 0.3 is 0 Å². The summed E-state index contributed by atoms with van der Waals surface area (Å²) in [6.07, 6.45) is 1.36. The van der Waals surface area contributed by atoms with Crippen molar-refractivity contribution in [2.24, 2.45) is 12.5 Å². The predicted molar refractivity (Wildman–Crippen MR) is 73.0 cm³/mol. The fourth-order valence-corrected chi connectivity index (χ4v) is 2.75. The first-order chi connectivity index (χ1) is 8.37. The summed E-state index contributed by atoms with van der Waals surface area (Å²) in [7, 11) is 1.96. The van der Waals surface area contributed by atoms with Crippen LogP contribution in [-0.4, -0.2) is 28.5 Å². The number of aromatic nitrogens is 2. The van der Waals surface area contributed by atoms with Crippen LogP contribution in [0.2, 0.25) is 0 Å². The number of hydrogen-bond acceptors (Lipinski definition) is 3. The van der Waals surface area contributed by atoms with Crippen molar-refractivity contribution in [2.75, 3.05) is 6.54 Å². The first-order valence-corrected chi connectivity index (χ1v) is 6.78. The van der Waals surface area contributed by atoms with Gasteiger partial charge in [0.2, 0.25) is 0 Å². The molecule has 1 aromatic heterocycles. The van der Waals surface area contributed by atoms with Crippen LogP contribution in [0.15, 0.2) is 0 Å². The van der Waals surface area contributed by atoms with Gasteiger partial charge in [0.15, 0.2) is 5.75 Å². The molecule has 1 fully saturated rings. The van der Waals surface area contributed by atoms with Crippen molar-refractivity contribution >= 4 is 0 Å². The Morgan fingerprint density at radius 3 is 2.56 bits per heavy atom. The fourth-order valence-electron chi connectivity index (χ4n) is 2.75. The molecule has 0 aliphatic heterocycles. The summed E-state index contributed by atoms with van der Waals surface area (Å²) in [6, 6.07) is 0.560. The van der Waals surface area contributed by atoms with Gasteiger partial charge in [-0.3, -0.25) is 4.68 Å². The number of ether oxygens (including phenoxy) is 1. The van der Waals surface area contributed by atoms with E-state index in [0.717, 1.165) is 30.1 Å². The SMILES string of the molecule is CCNC1CC(Oc2c(C)nn(C)c2C)C1(C)C. The number of aryl methyl sites for hydroxylation is 2. The molecule has 2 atom stereocenters. The maximum Gasteiger partial charge on any atom is 0.163 e. The zero-order valence-electron chi connectivity index (χ0n) is 12.4. The lowest BCUT2D eigenvalue weighted by molar-refractivity contribution is -0.0548. The lowest BCUT2D eigenvalue weighted by atomic mass is 9.64. The number of nitrogens with one attached hydrogen (secondary N) is 1. The molecule has 0 radical (unpaired) electrons. The van der Waals surface area contributed by atoms with Gasteiger partial charge < -0.3 is 10.1 Å². The van der Waals surface area contributed by atoms with Gasteiger partial charge in [0.05, 0.1) is 5.69 Å². The predicted octanol–water partition coefficient (Wildman–Crippen LogP) is 2.19. The van der Waals surface area contributed by atoms with Crippen LogP contribution < -0.4 is 10.1 Å². The standard InChI is InChI=1S/C14H25N3O/c1-7-15-11-8-12(14(11,4)5)18-13-9(2)16-17(6)10(13)3/h11-12,15H,7-8H2,1-6H3. The Balaban J connectivity index is 2.08. The molecule has 0 amide bonds. The van der Waals surface area contributed by atoms with Gasteiger partial charge in [0, 0.05) is 24.9 Å². The molecule has 102 valence electrons. The van der Waals surface area contributed by atoms with E-state index in [4.69, 9.17) is 4.74 Å². The Hall–Kier alpha value is -1.03. The van der Waals surface area contributed by atoms with Crippen LogP contribution in [-0.2, 0) is 7.05 Å². The van der Waals surface area contributed by atoms with E-state index in [-0.39, 0.29) is 11.5 Å². The van der Waals surface area contributed by atoms with Crippen LogP contribution in [0.4, 0.5) is 0 Å². The number of nitrogens with zero attached hydrogens (tertiary/aromatic N) is 2. The van der Waals surface area contributed by atoms with Crippen molar-refractivity contribution in [1.29, 1.82) is 0 Å². The molecule has 18 heavy (non-hydrogen) atoms. The zero-order valence-corrected chi connectivity index (χ0v) is 12.4. The summed E-state index contributed by atoms with van der Waals surface area (Å²) in [4.78, 5) is 0. The largest absolute Gasteiger partial charge is 0.486 e. The summed E-state index contributed by atoms with van der Waals surface area (Å²) in [5.41, 5.74) is 2.28. The Bertz CT molecular complexity index is 436. The van der Waals surface area contributed by atoms with Crippen molar-refractivity contribution in [3.8, 4) is 5.75 Å². The molecule has 0 bridgehead atoms.